The molecule has 0 amide bonds. The van der Waals surface area contributed by atoms with Crippen LogP contribution in [0.25, 0.3) is 0 Å². The molecule has 3 rings (SSSR count). The molecule has 0 radical (unpaired) electrons. The van der Waals surface area contributed by atoms with Crippen molar-refractivity contribution < 1.29 is 18.3 Å². The highest BCUT2D eigenvalue weighted by atomic mass is 32.2. The summed E-state index contributed by atoms with van der Waals surface area (Å²) in [7, 11) is 0. The Bertz CT molecular complexity index is 880. The monoisotopic (exact) mass is 456 g/mol. The van der Waals surface area contributed by atoms with Gasteiger partial charge in [-0.05, 0) is 56.9 Å². The summed E-state index contributed by atoms with van der Waals surface area (Å²) in [6, 6.07) is 2.71. The Labute approximate surface area is 183 Å². The van der Waals surface area contributed by atoms with Gasteiger partial charge in [-0.3, -0.25) is 9.98 Å². The van der Waals surface area contributed by atoms with Gasteiger partial charge in [-0.2, -0.15) is 13.2 Å². The third-order valence-corrected chi connectivity index (χ3v) is 7.14. The van der Waals surface area contributed by atoms with Gasteiger partial charge >= 0.3 is 6.18 Å². The lowest BCUT2D eigenvalue weighted by molar-refractivity contribution is -0.143. The number of likely N-dealkylation sites (tertiary alicyclic amines) is 1. The molecule has 5 N–H and O–H groups in total. The van der Waals surface area contributed by atoms with Crippen LogP contribution in [-0.4, -0.2) is 52.8 Å². The number of nitrogens with two attached hydrogens (primary N) is 2. The molecule has 1 saturated carbocycles. The van der Waals surface area contributed by atoms with Crippen LogP contribution in [0.4, 0.5) is 13.2 Å². The maximum absolute atomic E-state index is 13.2. The van der Waals surface area contributed by atoms with Crippen molar-refractivity contribution in [1.29, 1.82) is 0 Å². The van der Waals surface area contributed by atoms with E-state index in [9.17, 15) is 18.3 Å². The average Bonchev–Trinajstić information content (AvgIpc) is 2.98. The highest BCUT2D eigenvalue weighted by Crippen LogP contribution is 2.45. The third kappa shape index (κ3) is 5.21. The van der Waals surface area contributed by atoms with E-state index >= 15 is 0 Å². The lowest BCUT2D eigenvalue weighted by Crippen LogP contribution is -2.48. The minimum Gasteiger partial charge on any atom is -0.393 e. The molecule has 1 aliphatic carbocycles. The summed E-state index contributed by atoms with van der Waals surface area (Å²) in [6.07, 6.45) is -0.829. The highest BCUT2D eigenvalue weighted by molar-refractivity contribution is 8.03. The molecule has 0 bridgehead atoms. The molecule has 170 valence electrons. The number of aliphatic imine (C=N–C) groups is 2. The van der Waals surface area contributed by atoms with Crippen LogP contribution in [0.2, 0.25) is 0 Å². The molecular formula is C20H27F3N6OS. The number of hydrogen-bond donors (Lipinski definition) is 3. The molecule has 1 saturated heterocycles. The number of halogens is 3. The zero-order chi connectivity index (χ0) is 22.8. The normalized spacial score (nSPS) is 25.0. The number of aliphatic hydroxyl groups is 1. The van der Waals surface area contributed by atoms with Gasteiger partial charge in [-0.1, -0.05) is 11.8 Å². The maximum Gasteiger partial charge on any atom is 0.434 e. The van der Waals surface area contributed by atoms with Crippen LogP contribution < -0.4 is 11.5 Å². The zero-order valence-corrected chi connectivity index (χ0v) is 18.1. The zero-order valence-electron chi connectivity index (χ0n) is 17.3. The van der Waals surface area contributed by atoms with Gasteiger partial charge in [0.2, 0.25) is 0 Å². The van der Waals surface area contributed by atoms with E-state index in [0.717, 1.165) is 30.8 Å². The first-order valence-corrected chi connectivity index (χ1v) is 10.8. The van der Waals surface area contributed by atoms with Crippen molar-refractivity contribution in [2.75, 3.05) is 13.1 Å². The molecule has 2 fully saturated rings. The minimum absolute atomic E-state index is 0.0113. The molecule has 11 heteroatoms. The van der Waals surface area contributed by atoms with E-state index in [1.54, 1.807) is 6.92 Å². The number of aromatic nitrogens is 1. The van der Waals surface area contributed by atoms with Crippen LogP contribution >= 0.6 is 11.8 Å². The van der Waals surface area contributed by atoms with Gasteiger partial charge < -0.3 is 21.5 Å². The Hall–Kier alpha value is -2.11. The number of piperidine rings is 1. The first-order chi connectivity index (χ1) is 14.6. The van der Waals surface area contributed by atoms with Crippen molar-refractivity contribution in [3.63, 3.8) is 0 Å². The quantitative estimate of drug-likeness (QED) is 0.365. The highest BCUT2D eigenvalue weighted by Gasteiger charge is 2.46. The van der Waals surface area contributed by atoms with Crippen molar-refractivity contribution in [2.45, 2.75) is 55.8 Å². The second-order valence-electron chi connectivity index (χ2n) is 8.01. The standard InChI is InChI=1S/C20H27F3N6OS/c1-12(29-8-5-19(6-9-29)11-13(30)10-15(19)24)28-17(25)18(26-2)31-14-4-3-7-27-16(14)20(21,22)23/h3-4,7,13,15,30H,2,5-6,8-11,24-25H2,1H3/b18-17+,28-12+/t13-,15-/m1/s1. The summed E-state index contributed by atoms with van der Waals surface area (Å²) in [6.45, 7) is 6.65. The van der Waals surface area contributed by atoms with Gasteiger partial charge in [0, 0.05) is 30.2 Å². The topological polar surface area (TPSA) is 113 Å². The molecule has 2 atom stereocenters. The minimum atomic E-state index is -4.59. The van der Waals surface area contributed by atoms with Crippen LogP contribution in [0.15, 0.2) is 44.1 Å². The molecule has 1 aromatic rings. The van der Waals surface area contributed by atoms with Gasteiger partial charge in [0.15, 0.2) is 11.5 Å². The molecule has 2 heterocycles. The number of rotatable bonds is 4. The number of aliphatic hydroxyl groups excluding tert-OH is 1. The number of nitrogens with zero attached hydrogens (tertiary/aromatic N) is 4. The van der Waals surface area contributed by atoms with E-state index in [0.29, 0.717) is 31.8 Å². The predicted octanol–water partition coefficient (Wildman–Crippen LogP) is 2.96. The van der Waals surface area contributed by atoms with Crippen molar-refractivity contribution in [1.82, 2.24) is 9.88 Å². The van der Waals surface area contributed by atoms with Crippen molar-refractivity contribution in [2.24, 2.45) is 26.9 Å². The van der Waals surface area contributed by atoms with E-state index < -0.39 is 11.9 Å². The van der Waals surface area contributed by atoms with Crippen LogP contribution in [0.5, 0.6) is 0 Å². The molecule has 1 aliphatic heterocycles. The summed E-state index contributed by atoms with van der Waals surface area (Å²) in [4.78, 5) is 13.5. The fraction of sp³-hybridized carbons (Fsp3) is 0.550. The number of amidine groups is 1. The van der Waals surface area contributed by atoms with Gasteiger partial charge in [0.1, 0.15) is 10.9 Å². The second kappa shape index (κ2) is 9.17. The van der Waals surface area contributed by atoms with E-state index in [-0.39, 0.29) is 33.3 Å². The van der Waals surface area contributed by atoms with Gasteiger partial charge in [-0.15, -0.1) is 0 Å². The van der Waals surface area contributed by atoms with Crippen molar-refractivity contribution in [3.05, 3.63) is 34.9 Å². The summed E-state index contributed by atoms with van der Waals surface area (Å²) < 4.78 is 39.6. The first kappa shape index (κ1) is 23.6. The molecule has 2 aliphatic rings. The summed E-state index contributed by atoms with van der Waals surface area (Å²) in [5, 5.41) is 10.0. The van der Waals surface area contributed by atoms with Crippen LogP contribution in [0.1, 0.15) is 38.3 Å². The Morgan fingerprint density at radius 2 is 2.06 bits per heavy atom. The average molecular weight is 457 g/mol. The summed E-state index contributed by atoms with van der Waals surface area (Å²) in [5.74, 6) is 0.631. The fourth-order valence-electron chi connectivity index (χ4n) is 4.35. The number of hydrogen-bond acceptors (Lipinski definition) is 7. The number of pyridine rings is 1. The fourth-order valence-corrected chi connectivity index (χ4v) is 5.18. The van der Waals surface area contributed by atoms with Crippen molar-refractivity contribution >= 4 is 24.3 Å². The SMILES string of the molecule is C=N/C(Sc1cccnc1C(F)(F)F)=C(N)\N=C(/C)N1CCC2(CC1)C[C@H](O)C[C@H]2N. The first-order valence-electron chi connectivity index (χ1n) is 9.96. The van der Waals surface area contributed by atoms with Crippen LogP contribution in [0, 0.1) is 5.41 Å². The molecule has 0 unspecified atom stereocenters. The smallest absolute Gasteiger partial charge is 0.393 e. The van der Waals surface area contributed by atoms with E-state index in [1.807, 2.05) is 0 Å². The van der Waals surface area contributed by atoms with Gasteiger partial charge in [0.25, 0.3) is 0 Å². The Balaban J connectivity index is 1.74. The number of thioether (sulfide) groups is 1. The van der Waals surface area contributed by atoms with Gasteiger partial charge in [0.05, 0.1) is 6.10 Å². The molecule has 31 heavy (non-hydrogen) atoms. The third-order valence-electron chi connectivity index (χ3n) is 6.06. The largest absolute Gasteiger partial charge is 0.434 e. The van der Waals surface area contributed by atoms with Crippen molar-refractivity contribution in [3.8, 4) is 0 Å². The van der Waals surface area contributed by atoms with Gasteiger partial charge in [-0.25, -0.2) is 4.99 Å². The lowest BCUT2D eigenvalue weighted by Gasteiger charge is -2.42. The molecule has 0 aromatic carbocycles. The van der Waals surface area contributed by atoms with Crippen LogP contribution in [0.3, 0.4) is 0 Å². The molecule has 1 aromatic heterocycles. The Morgan fingerprint density at radius 3 is 2.61 bits per heavy atom. The predicted molar refractivity (Wildman–Crippen MR) is 115 cm³/mol. The number of alkyl halides is 3. The maximum atomic E-state index is 13.2. The van der Waals surface area contributed by atoms with E-state index in [4.69, 9.17) is 11.5 Å². The second-order valence-corrected chi connectivity index (χ2v) is 9.04. The lowest BCUT2D eigenvalue weighted by atomic mass is 9.74. The Morgan fingerprint density at radius 1 is 1.39 bits per heavy atom. The van der Waals surface area contributed by atoms with E-state index in [2.05, 4.69) is 26.6 Å². The Kier molecular flexibility index (Phi) is 6.97. The van der Waals surface area contributed by atoms with Crippen LogP contribution in [-0.2, 0) is 6.18 Å². The molecule has 1 spiro atoms. The molecular weight excluding hydrogens is 429 g/mol. The summed E-state index contributed by atoms with van der Waals surface area (Å²) >= 11 is 0.728. The van der Waals surface area contributed by atoms with E-state index in [1.165, 1.54) is 12.1 Å². The summed E-state index contributed by atoms with van der Waals surface area (Å²) in [5.41, 5.74) is 11.3. The molecule has 7 nitrogen and oxygen atoms in total.